The van der Waals surface area contributed by atoms with E-state index in [-0.39, 0.29) is 30.8 Å². The number of nitrogens with one attached hydrogen (secondary N) is 2. The fourth-order valence-corrected chi connectivity index (χ4v) is 4.77. The highest BCUT2D eigenvalue weighted by molar-refractivity contribution is 5.92. The summed E-state index contributed by atoms with van der Waals surface area (Å²) in [5.41, 5.74) is 6.26. The Hall–Kier alpha value is -3.10. The van der Waals surface area contributed by atoms with Gasteiger partial charge in [0.15, 0.2) is 0 Å². The minimum atomic E-state index is -1.10. The molecule has 1 aromatic carbocycles. The predicted octanol–water partition coefficient (Wildman–Crippen LogP) is 4.27. The first-order chi connectivity index (χ1) is 17.8. The molecule has 0 spiro atoms. The van der Waals surface area contributed by atoms with Crippen molar-refractivity contribution in [2.24, 2.45) is 5.73 Å². The average Bonchev–Trinajstić information content (AvgIpc) is 2.83. The summed E-state index contributed by atoms with van der Waals surface area (Å²) in [5.74, 6) is -1.30. The first-order valence-corrected chi connectivity index (χ1v) is 13.8. The van der Waals surface area contributed by atoms with Crippen LogP contribution in [0.2, 0.25) is 0 Å². The minimum Gasteiger partial charge on any atom is -0.444 e. The number of hydrogen-bond acceptors (Lipinski definition) is 5. The van der Waals surface area contributed by atoms with Crippen molar-refractivity contribution >= 4 is 23.8 Å². The van der Waals surface area contributed by atoms with Crippen molar-refractivity contribution in [3.63, 3.8) is 0 Å². The summed E-state index contributed by atoms with van der Waals surface area (Å²) in [6.07, 6.45) is 4.78. The van der Waals surface area contributed by atoms with Crippen LogP contribution >= 0.6 is 0 Å². The van der Waals surface area contributed by atoms with Crippen LogP contribution in [0.1, 0.15) is 103 Å². The fourth-order valence-electron chi connectivity index (χ4n) is 4.77. The van der Waals surface area contributed by atoms with E-state index in [1.807, 2.05) is 45.0 Å². The first kappa shape index (κ1) is 31.1. The van der Waals surface area contributed by atoms with Gasteiger partial charge in [0, 0.05) is 18.5 Å². The van der Waals surface area contributed by atoms with Gasteiger partial charge in [-0.2, -0.15) is 0 Å². The van der Waals surface area contributed by atoms with Crippen molar-refractivity contribution in [3.05, 3.63) is 35.4 Å². The fraction of sp³-hybridized carbons (Fsp3) is 0.655. The molecule has 2 rings (SSSR count). The quantitative estimate of drug-likeness (QED) is 0.393. The summed E-state index contributed by atoms with van der Waals surface area (Å²) < 4.78 is 5.38. The number of rotatable bonds is 11. The van der Waals surface area contributed by atoms with Gasteiger partial charge in [-0.05, 0) is 65.9 Å². The third-order valence-corrected chi connectivity index (χ3v) is 6.82. The summed E-state index contributed by atoms with van der Waals surface area (Å²) in [6.45, 7) is 10.9. The second-order valence-electron chi connectivity index (χ2n) is 11.4. The molecule has 9 nitrogen and oxygen atoms in total. The normalized spacial score (nSPS) is 16.6. The van der Waals surface area contributed by atoms with Crippen molar-refractivity contribution in [1.29, 1.82) is 0 Å². The van der Waals surface area contributed by atoms with Gasteiger partial charge in [-0.25, -0.2) is 4.79 Å². The molecule has 4 N–H and O–H groups in total. The third-order valence-electron chi connectivity index (χ3n) is 6.82. The molecule has 4 amide bonds. The Balaban J connectivity index is 2.49. The van der Waals surface area contributed by atoms with Crippen LogP contribution in [0.15, 0.2) is 24.3 Å². The van der Waals surface area contributed by atoms with Crippen LogP contribution < -0.4 is 16.4 Å². The predicted molar refractivity (Wildman–Crippen MR) is 147 cm³/mol. The van der Waals surface area contributed by atoms with Crippen LogP contribution in [0.5, 0.6) is 0 Å². The standard InChI is InChI=1S/C29H46N4O5/c1-7-20(3)33(27(36)23(16-17-24(30)34)32-28(37)38-29(4,5)6)25(21-13-11-12-19(2)18-21)26(35)31-22-14-9-8-10-15-22/h11-13,18,20,22-23,25H,7-10,14-17H2,1-6H3,(H2,30,34)(H,31,35)(H,32,37). The second-order valence-corrected chi connectivity index (χ2v) is 11.4. The van der Waals surface area contributed by atoms with E-state index >= 15 is 0 Å². The van der Waals surface area contributed by atoms with E-state index < -0.39 is 35.6 Å². The van der Waals surface area contributed by atoms with Crippen LogP contribution in [0.3, 0.4) is 0 Å². The lowest BCUT2D eigenvalue weighted by atomic mass is 9.93. The van der Waals surface area contributed by atoms with E-state index in [0.29, 0.717) is 12.0 Å². The van der Waals surface area contributed by atoms with Crippen LogP contribution in [0.4, 0.5) is 4.79 Å². The number of hydrogen-bond donors (Lipinski definition) is 3. The number of nitrogens with two attached hydrogens (primary N) is 1. The van der Waals surface area contributed by atoms with E-state index in [1.165, 1.54) is 0 Å². The van der Waals surface area contributed by atoms with Gasteiger partial charge in [-0.3, -0.25) is 14.4 Å². The molecule has 3 atom stereocenters. The highest BCUT2D eigenvalue weighted by Gasteiger charge is 2.39. The van der Waals surface area contributed by atoms with Crippen LogP contribution in [-0.2, 0) is 19.1 Å². The Labute approximate surface area is 227 Å². The Bertz CT molecular complexity index is 968. The Morgan fingerprint density at radius 2 is 1.79 bits per heavy atom. The van der Waals surface area contributed by atoms with Gasteiger partial charge < -0.3 is 26.0 Å². The third kappa shape index (κ3) is 9.65. The molecule has 38 heavy (non-hydrogen) atoms. The summed E-state index contributed by atoms with van der Waals surface area (Å²) in [4.78, 5) is 53.9. The van der Waals surface area contributed by atoms with Crippen LogP contribution in [0, 0.1) is 6.92 Å². The summed E-state index contributed by atoms with van der Waals surface area (Å²) in [7, 11) is 0. The summed E-state index contributed by atoms with van der Waals surface area (Å²) in [5, 5.41) is 5.83. The molecular weight excluding hydrogens is 484 g/mol. The zero-order valence-corrected chi connectivity index (χ0v) is 23.8. The molecule has 1 saturated carbocycles. The molecule has 3 unspecified atom stereocenters. The van der Waals surface area contributed by atoms with Crippen molar-refractivity contribution in [3.8, 4) is 0 Å². The van der Waals surface area contributed by atoms with E-state index in [0.717, 1.165) is 37.7 Å². The van der Waals surface area contributed by atoms with Gasteiger partial charge in [-0.15, -0.1) is 0 Å². The largest absolute Gasteiger partial charge is 0.444 e. The molecule has 1 aliphatic carbocycles. The number of carbonyl (C=O) groups is 4. The highest BCUT2D eigenvalue weighted by Crippen LogP contribution is 2.28. The summed E-state index contributed by atoms with van der Waals surface area (Å²) >= 11 is 0. The van der Waals surface area contributed by atoms with Gasteiger partial charge in [0.1, 0.15) is 17.7 Å². The Kier molecular flexibility index (Phi) is 11.6. The minimum absolute atomic E-state index is 0.00880. The SMILES string of the molecule is CCC(C)N(C(=O)C(CCC(N)=O)NC(=O)OC(C)(C)C)C(C(=O)NC1CCCCC1)c1cccc(C)c1. The highest BCUT2D eigenvalue weighted by atomic mass is 16.6. The van der Waals surface area contributed by atoms with Crippen molar-refractivity contribution in [2.75, 3.05) is 0 Å². The first-order valence-electron chi connectivity index (χ1n) is 13.8. The number of benzene rings is 1. The van der Waals surface area contributed by atoms with Crippen molar-refractivity contribution in [2.45, 2.75) is 123 Å². The van der Waals surface area contributed by atoms with Crippen molar-refractivity contribution in [1.82, 2.24) is 15.5 Å². The topological polar surface area (TPSA) is 131 Å². The van der Waals surface area contributed by atoms with E-state index in [4.69, 9.17) is 10.5 Å². The molecule has 0 saturated heterocycles. The van der Waals surface area contributed by atoms with Gasteiger partial charge >= 0.3 is 6.09 Å². The number of aryl methyl sites for hydroxylation is 1. The molecule has 0 aliphatic heterocycles. The number of ether oxygens (including phenoxy) is 1. The zero-order valence-electron chi connectivity index (χ0n) is 23.8. The molecule has 212 valence electrons. The molecule has 1 aromatic rings. The molecule has 0 radical (unpaired) electrons. The molecule has 9 heteroatoms. The van der Waals surface area contributed by atoms with Gasteiger partial charge in [0.25, 0.3) is 0 Å². The smallest absolute Gasteiger partial charge is 0.408 e. The monoisotopic (exact) mass is 530 g/mol. The van der Waals surface area contributed by atoms with Gasteiger partial charge in [-0.1, -0.05) is 56.0 Å². The van der Waals surface area contributed by atoms with Crippen LogP contribution in [0.25, 0.3) is 0 Å². The lowest BCUT2D eigenvalue weighted by Crippen LogP contribution is -2.56. The number of nitrogens with zero attached hydrogens (tertiary/aromatic N) is 1. The van der Waals surface area contributed by atoms with Gasteiger partial charge in [0.05, 0.1) is 0 Å². The average molecular weight is 531 g/mol. The number of primary amides is 1. The maximum Gasteiger partial charge on any atom is 0.408 e. The lowest BCUT2D eigenvalue weighted by molar-refractivity contribution is -0.145. The molecule has 0 aromatic heterocycles. The Morgan fingerprint density at radius 3 is 2.34 bits per heavy atom. The molecule has 0 bridgehead atoms. The van der Waals surface area contributed by atoms with Gasteiger partial charge in [0.2, 0.25) is 17.7 Å². The molecule has 1 fully saturated rings. The van der Waals surface area contributed by atoms with E-state index in [9.17, 15) is 19.2 Å². The second kappa shape index (κ2) is 14.2. The maximum atomic E-state index is 14.2. The molecule has 0 heterocycles. The maximum absolute atomic E-state index is 14.2. The number of amides is 4. The van der Waals surface area contributed by atoms with Crippen molar-refractivity contribution < 1.29 is 23.9 Å². The van der Waals surface area contributed by atoms with Crippen LogP contribution in [-0.4, -0.2) is 52.4 Å². The molecular formula is C29H46N4O5. The zero-order chi connectivity index (χ0) is 28.5. The lowest BCUT2D eigenvalue weighted by Gasteiger charge is -2.39. The van der Waals surface area contributed by atoms with E-state index in [1.54, 1.807) is 25.7 Å². The van der Waals surface area contributed by atoms with E-state index in [2.05, 4.69) is 10.6 Å². The Morgan fingerprint density at radius 1 is 1.13 bits per heavy atom. The number of carbonyl (C=O) groups excluding carboxylic acids is 4. The summed E-state index contributed by atoms with van der Waals surface area (Å²) in [6, 6.07) is 5.29. The molecule has 1 aliphatic rings. The number of alkyl carbamates (subject to hydrolysis) is 1.